The summed E-state index contributed by atoms with van der Waals surface area (Å²) in [5, 5.41) is 9.05. The Morgan fingerprint density at radius 3 is 2.96 bits per heavy atom. The third-order valence-corrected chi connectivity index (χ3v) is 5.21. The second-order valence-electron chi connectivity index (χ2n) is 6.74. The first-order valence-electron chi connectivity index (χ1n) is 8.97. The minimum Gasteiger partial charge on any atom is -0.314 e. The van der Waals surface area contributed by atoms with Crippen LogP contribution in [0.1, 0.15) is 55.4 Å². The van der Waals surface area contributed by atoms with Crippen LogP contribution in [-0.2, 0) is 19.4 Å². The quantitative estimate of drug-likeness (QED) is 0.871. The summed E-state index contributed by atoms with van der Waals surface area (Å²) in [7, 11) is 0. The molecule has 1 atom stereocenters. The number of likely N-dealkylation sites (tertiary alicyclic amines) is 1. The number of aromatic nitrogens is 4. The zero-order valence-electron chi connectivity index (χ0n) is 13.7. The van der Waals surface area contributed by atoms with E-state index in [-0.39, 0.29) is 0 Å². The van der Waals surface area contributed by atoms with E-state index in [1.165, 1.54) is 55.9 Å². The van der Waals surface area contributed by atoms with Gasteiger partial charge >= 0.3 is 0 Å². The highest BCUT2D eigenvalue weighted by molar-refractivity contribution is 5.10. The average Bonchev–Trinajstić information content (AvgIpc) is 3.05. The molecule has 2 aliphatic rings. The molecule has 2 aromatic heterocycles. The van der Waals surface area contributed by atoms with Crippen molar-refractivity contribution in [2.24, 2.45) is 0 Å². The van der Waals surface area contributed by atoms with E-state index in [9.17, 15) is 0 Å². The lowest BCUT2D eigenvalue weighted by Gasteiger charge is -2.35. The smallest absolute Gasteiger partial charge is 0.150 e. The zero-order chi connectivity index (χ0) is 15.5. The van der Waals surface area contributed by atoms with E-state index in [4.69, 9.17) is 0 Å². The second-order valence-corrected chi connectivity index (χ2v) is 6.74. The summed E-state index contributed by atoms with van der Waals surface area (Å²) in [5.74, 6) is 2.41. The molecule has 1 saturated heterocycles. The Morgan fingerprint density at radius 1 is 1.09 bits per heavy atom. The van der Waals surface area contributed by atoms with Gasteiger partial charge < -0.3 is 4.57 Å². The van der Waals surface area contributed by atoms with Gasteiger partial charge in [0.15, 0.2) is 0 Å². The van der Waals surface area contributed by atoms with Gasteiger partial charge in [0.05, 0.1) is 6.04 Å². The van der Waals surface area contributed by atoms with E-state index in [0.717, 1.165) is 25.9 Å². The van der Waals surface area contributed by atoms with Gasteiger partial charge in [-0.25, -0.2) is 0 Å². The Labute approximate surface area is 137 Å². The predicted molar refractivity (Wildman–Crippen MR) is 89.1 cm³/mol. The molecular weight excluding hydrogens is 286 g/mol. The van der Waals surface area contributed by atoms with Crippen LogP contribution in [-0.4, -0.2) is 37.7 Å². The van der Waals surface area contributed by atoms with Gasteiger partial charge in [0.25, 0.3) is 0 Å². The van der Waals surface area contributed by atoms with Crippen molar-refractivity contribution in [2.45, 2.75) is 57.5 Å². The highest BCUT2D eigenvalue weighted by atomic mass is 15.3. The van der Waals surface area contributed by atoms with E-state index in [1.807, 2.05) is 18.5 Å². The molecule has 5 nitrogen and oxygen atoms in total. The number of hydrogen-bond donors (Lipinski definition) is 0. The summed E-state index contributed by atoms with van der Waals surface area (Å²) >= 11 is 0. The van der Waals surface area contributed by atoms with Crippen LogP contribution in [0.25, 0.3) is 0 Å². The van der Waals surface area contributed by atoms with Crippen LogP contribution in [0.5, 0.6) is 0 Å². The molecule has 0 N–H and O–H groups in total. The van der Waals surface area contributed by atoms with Gasteiger partial charge in [0.2, 0.25) is 0 Å². The molecule has 1 unspecified atom stereocenters. The molecule has 4 rings (SSSR count). The van der Waals surface area contributed by atoms with Crippen LogP contribution in [0, 0.1) is 0 Å². The molecule has 2 aliphatic heterocycles. The van der Waals surface area contributed by atoms with Crippen molar-refractivity contribution in [3.8, 4) is 0 Å². The van der Waals surface area contributed by atoms with Crippen molar-refractivity contribution in [2.75, 3.05) is 13.1 Å². The Morgan fingerprint density at radius 2 is 2.04 bits per heavy atom. The van der Waals surface area contributed by atoms with Crippen molar-refractivity contribution in [1.29, 1.82) is 0 Å². The van der Waals surface area contributed by atoms with E-state index >= 15 is 0 Å². The number of aryl methyl sites for hydroxylation is 1. The van der Waals surface area contributed by atoms with E-state index in [1.54, 1.807) is 0 Å². The Kier molecular flexibility index (Phi) is 4.37. The fourth-order valence-electron chi connectivity index (χ4n) is 3.95. The van der Waals surface area contributed by atoms with Gasteiger partial charge in [0, 0.05) is 31.9 Å². The molecule has 2 aromatic rings. The highest BCUT2D eigenvalue weighted by Gasteiger charge is 2.29. The van der Waals surface area contributed by atoms with Crippen molar-refractivity contribution in [3.63, 3.8) is 0 Å². The van der Waals surface area contributed by atoms with Gasteiger partial charge in [-0.2, -0.15) is 0 Å². The van der Waals surface area contributed by atoms with Crippen LogP contribution in [0.15, 0.2) is 24.5 Å². The molecule has 122 valence electrons. The van der Waals surface area contributed by atoms with Crippen LogP contribution < -0.4 is 0 Å². The lowest BCUT2D eigenvalue weighted by atomic mass is 10.00. The standard InChI is InChI=1S/C18H25N5/c1-3-11-22(13-9-15-6-5-10-19-14-15)16(7-1)18-21-20-17-8-2-4-12-23(17)18/h5-6,10,14,16H,1-4,7-9,11-13H2. The Bertz CT molecular complexity index is 636. The van der Waals surface area contributed by atoms with Crippen molar-refractivity contribution in [3.05, 3.63) is 41.7 Å². The summed E-state index contributed by atoms with van der Waals surface area (Å²) < 4.78 is 2.40. The van der Waals surface area contributed by atoms with Gasteiger partial charge in [-0.05, 0) is 50.3 Å². The number of piperidine rings is 1. The number of nitrogens with zero attached hydrogens (tertiary/aromatic N) is 5. The minimum atomic E-state index is 0.444. The van der Waals surface area contributed by atoms with E-state index in [2.05, 4.69) is 30.7 Å². The lowest BCUT2D eigenvalue weighted by molar-refractivity contribution is 0.139. The number of rotatable bonds is 4. The number of pyridine rings is 1. The molecule has 0 amide bonds. The first-order valence-corrected chi connectivity index (χ1v) is 8.97. The third kappa shape index (κ3) is 3.15. The number of fused-ring (bicyclic) bond motifs is 1. The van der Waals surface area contributed by atoms with Crippen LogP contribution in [0.4, 0.5) is 0 Å². The third-order valence-electron chi connectivity index (χ3n) is 5.21. The maximum absolute atomic E-state index is 4.59. The van der Waals surface area contributed by atoms with E-state index < -0.39 is 0 Å². The molecule has 0 radical (unpaired) electrons. The summed E-state index contributed by atoms with van der Waals surface area (Å²) in [6.45, 7) is 3.36. The summed E-state index contributed by atoms with van der Waals surface area (Å²) in [4.78, 5) is 6.84. The van der Waals surface area contributed by atoms with Crippen molar-refractivity contribution < 1.29 is 0 Å². The van der Waals surface area contributed by atoms with Gasteiger partial charge in [-0.1, -0.05) is 12.5 Å². The van der Waals surface area contributed by atoms with Crippen LogP contribution >= 0.6 is 0 Å². The summed E-state index contributed by atoms with van der Waals surface area (Å²) in [6, 6.07) is 4.64. The predicted octanol–water partition coefficient (Wildman–Crippen LogP) is 2.78. The molecule has 0 saturated carbocycles. The first kappa shape index (κ1) is 14.8. The molecule has 0 spiro atoms. The molecule has 23 heavy (non-hydrogen) atoms. The van der Waals surface area contributed by atoms with Crippen molar-refractivity contribution >= 4 is 0 Å². The Balaban J connectivity index is 1.50. The summed E-state index contributed by atoms with van der Waals surface area (Å²) in [5.41, 5.74) is 1.32. The maximum Gasteiger partial charge on any atom is 0.150 e. The minimum absolute atomic E-state index is 0.444. The van der Waals surface area contributed by atoms with Gasteiger partial charge in [0.1, 0.15) is 11.6 Å². The van der Waals surface area contributed by atoms with Crippen LogP contribution in [0.3, 0.4) is 0 Å². The monoisotopic (exact) mass is 311 g/mol. The fourth-order valence-corrected chi connectivity index (χ4v) is 3.95. The first-order chi connectivity index (χ1) is 11.4. The Hall–Kier alpha value is -1.75. The van der Waals surface area contributed by atoms with Gasteiger partial charge in [-0.15, -0.1) is 10.2 Å². The average molecular weight is 311 g/mol. The molecule has 0 aliphatic carbocycles. The highest BCUT2D eigenvalue weighted by Crippen LogP contribution is 2.31. The SMILES string of the molecule is c1cncc(CCN2CCCCC2c2nnc3n2CCCC3)c1. The largest absolute Gasteiger partial charge is 0.314 e. The molecule has 4 heterocycles. The number of hydrogen-bond acceptors (Lipinski definition) is 4. The molecule has 0 aromatic carbocycles. The molecule has 0 bridgehead atoms. The van der Waals surface area contributed by atoms with E-state index in [0.29, 0.717) is 6.04 Å². The van der Waals surface area contributed by atoms with Crippen LogP contribution in [0.2, 0.25) is 0 Å². The van der Waals surface area contributed by atoms with Gasteiger partial charge in [-0.3, -0.25) is 9.88 Å². The maximum atomic E-state index is 4.59. The zero-order valence-corrected chi connectivity index (χ0v) is 13.7. The molecule has 1 fully saturated rings. The molecule has 5 heteroatoms. The second kappa shape index (κ2) is 6.79. The fraction of sp³-hybridized carbons (Fsp3) is 0.611. The van der Waals surface area contributed by atoms with Crippen molar-refractivity contribution in [1.82, 2.24) is 24.6 Å². The molecular formula is C18H25N5. The normalized spacial score (nSPS) is 22.0. The lowest BCUT2D eigenvalue weighted by Crippen LogP contribution is -2.36. The topological polar surface area (TPSA) is 46.8 Å². The summed E-state index contributed by atoms with van der Waals surface area (Å²) in [6.07, 6.45) is 12.3.